The number of carbonyl (C=O) groups excluding carboxylic acids is 1. The van der Waals surface area contributed by atoms with E-state index in [1.54, 1.807) is 0 Å². The van der Waals surface area contributed by atoms with Crippen molar-refractivity contribution in [3.63, 3.8) is 0 Å². The SMILES string of the molecule is CC(C)(C)n1nc(C2CC2)cc1C(=O)Nc1cccc2[nH]ccc12. The molecule has 1 saturated carbocycles. The molecule has 1 aromatic carbocycles. The molecule has 0 unspecified atom stereocenters. The Labute approximate surface area is 141 Å². The highest BCUT2D eigenvalue weighted by Crippen LogP contribution is 2.40. The molecule has 4 rings (SSSR count). The third-order valence-electron chi connectivity index (χ3n) is 4.44. The van der Waals surface area contributed by atoms with Gasteiger partial charge in [-0.2, -0.15) is 5.10 Å². The molecule has 5 nitrogen and oxygen atoms in total. The van der Waals surface area contributed by atoms with Crippen molar-refractivity contribution < 1.29 is 4.79 Å². The van der Waals surface area contributed by atoms with Crippen LogP contribution in [-0.2, 0) is 5.54 Å². The molecular formula is C19H22N4O. The smallest absolute Gasteiger partial charge is 0.273 e. The van der Waals surface area contributed by atoms with Crippen molar-refractivity contribution >= 4 is 22.5 Å². The van der Waals surface area contributed by atoms with Gasteiger partial charge in [0.1, 0.15) is 5.69 Å². The Kier molecular flexibility index (Phi) is 3.27. The number of fused-ring (bicyclic) bond motifs is 1. The van der Waals surface area contributed by atoms with Crippen LogP contribution in [0.4, 0.5) is 5.69 Å². The highest BCUT2D eigenvalue weighted by Gasteiger charge is 2.31. The van der Waals surface area contributed by atoms with Gasteiger partial charge in [0.05, 0.1) is 16.9 Å². The first-order valence-electron chi connectivity index (χ1n) is 8.41. The van der Waals surface area contributed by atoms with Gasteiger partial charge in [-0.3, -0.25) is 9.48 Å². The van der Waals surface area contributed by atoms with E-state index < -0.39 is 0 Å². The number of nitrogens with one attached hydrogen (secondary N) is 2. The van der Waals surface area contributed by atoms with Crippen LogP contribution < -0.4 is 5.32 Å². The Morgan fingerprint density at radius 3 is 2.79 bits per heavy atom. The lowest BCUT2D eigenvalue weighted by atomic mass is 10.1. The molecule has 0 saturated heterocycles. The highest BCUT2D eigenvalue weighted by molar-refractivity contribution is 6.08. The number of aromatic nitrogens is 3. The van der Waals surface area contributed by atoms with Crippen LogP contribution in [0, 0.1) is 0 Å². The molecule has 24 heavy (non-hydrogen) atoms. The first kappa shape index (κ1) is 15.0. The second-order valence-corrected chi connectivity index (χ2v) is 7.51. The zero-order chi connectivity index (χ0) is 16.9. The zero-order valence-electron chi connectivity index (χ0n) is 14.3. The minimum atomic E-state index is -0.236. The standard InChI is InChI=1S/C19H22N4O/c1-19(2,3)23-17(11-16(22-23)12-7-8-12)18(24)21-15-6-4-5-14-13(15)9-10-20-14/h4-6,9-12,20H,7-8H2,1-3H3,(H,21,24). The number of anilines is 1. The minimum absolute atomic E-state index is 0.113. The van der Waals surface area contributed by atoms with E-state index in [-0.39, 0.29) is 11.4 Å². The number of benzene rings is 1. The molecular weight excluding hydrogens is 300 g/mol. The monoisotopic (exact) mass is 322 g/mol. The third kappa shape index (κ3) is 2.60. The van der Waals surface area contributed by atoms with Crippen LogP contribution in [0.3, 0.4) is 0 Å². The summed E-state index contributed by atoms with van der Waals surface area (Å²) < 4.78 is 1.85. The second kappa shape index (κ2) is 5.23. The molecule has 5 heteroatoms. The number of nitrogens with zero attached hydrogens (tertiary/aromatic N) is 2. The molecule has 2 N–H and O–H groups in total. The fraction of sp³-hybridized carbons (Fsp3) is 0.368. The molecule has 0 radical (unpaired) electrons. The maximum absolute atomic E-state index is 12.9. The van der Waals surface area contributed by atoms with Crippen LogP contribution in [0.15, 0.2) is 36.5 Å². The Morgan fingerprint density at radius 1 is 1.29 bits per heavy atom. The molecule has 2 aromatic heterocycles. The van der Waals surface area contributed by atoms with E-state index in [0.29, 0.717) is 11.6 Å². The van der Waals surface area contributed by atoms with Crippen molar-refractivity contribution in [3.8, 4) is 0 Å². The lowest BCUT2D eigenvalue weighted by molar-refractivity contribution is 0.100. The molecule has 0 aliphatic heterocycles. The Balaban J connectivity index is 1.70. The number of hydrogen-bond acceptors (Lipinski definition) is 2. The van der Waals surface area contributed by atoms with Crippen LogP contribution in [0.25, 0.3) is 10.9 Å². The normalized spacial score (nSPS) is 15.0. The number of carbonyl (C=O) groups is 1. The van der Waals surface area contributed by atoms with E-state index in [4.69, 9.17) is 5.10 Å². The predicted octanol–water partition coefficient (Wildman–Crippen LogP) is 4.25. The van der Waals surface area contributed by atoms with Crippen LogP contribution in [0.1, 0.15) is 55.7 Å². The number of hydrogen-bond donors (Lipinski definition) is 2. The molecule has 1 amide bonds. The minimum Gasteiger partial charge on any atom is -0.361 e. The molecule has 0 atom stereocenters. The molecule has 3 aromatic rings. The highest BCUT2D eigenvalue weighted by atomic mass is 16.2. The number of rotatable bonds is 3. The largest absolute Gasteiger partial charge is 0.361 e. The van der Waals surface area contributed by atoms with Gasteiger partial charge in [0, 0.05) is 23.0 Å². The van der Waals surface area contributed by atoms with Crippen molar-refractivity contribution in [1.82, 2.24) is 14.8 Å². The van der Waals surface area contributed by atoms with E-state index in [1.807, 2.05) is 41.2 Å². The van der Waals surface area contributed by atoms with Crippen LogP contribution in [0.5, 0.6) is 0 Å². The van der Waals surface area contributed by atoms with Gasteiger partial charge in [0.2, 0.25) is 0 Å². The lowest BCUT2D eigenvalue weighted by Gasteiger charge is -2.22. The molecule has 124 valence electrons. The molecule has 1 aliphatic carbocycles. The summed E-state index contributed by atoms with van der Waals surface area (Å²) in [6.45, 7) is 6.21. The third-order valence-corrected chi connectivity index (χ3v) is 4.44. The van der Waals surface area contributed by atoms with Crippen LogP contribution >= 0.6 is 0 Å². The molecule has 0 bridgehead atoms. The molecule has 0 spiro atoms. The summed E-state index contributed by atoms with van der Waals surface area (Å²) in [5.74, 6) is 0.409. The van der Waals surface area contributed by atoms with E-state index in [1.165, 1.54) is 12.8 Å². The van der Waals surface area contributed by atoms with Gasteiger partial charge in [-0.25, -0.2) is 0 Å². The summed E-state index contributed by atoms with van der Waals surface area (Å²) >= 11 is 0. The van der Waals surface area contributed by atoms with Crippen molar-refractivity contribution in [2.45, 2.75) is 45.1 Å². The summed E-state index contributed by atoms with van der Waals surface area (Å²) in [5, 5.41) is 8.77. The maximum Gasteiger partial charge on any atom is 0.273 e. The Morgan fingerprint density at radius 2 is 2.08 bits per heavy atom. The fourth-order valence-electron chi connectivity index (χ4n) is 3.03. The summed E-state index contributed by atoms with van der Waals surface area (Å²) in [6.07, 6.45) is 4.22. The first-order valence-corrected chi connectivity index (χ1v) is 8.41. The molecule has 2 heterocycles. The summed E-state index contributed by atoms with van der Waals surface area (Å²) in [5.41, 5.74) is 3.25. The molecule has 1 fully saturated rings. The number of aromatic amines is 1. The predicted molar refractivity (Wildman–Crippen MR) is 95.4 cm³/mol. The first-order chi connectivity index (χ1) is 11.4. The van der Waals surface area contributed by atoms with Gasteiger partial charge in [-0.05, 0) is 57.9 Å². The maximum atomic E-state index is 12.9. The van der Waals surface area contributed by atoms with Gasteiger partial charge in [0.25, 0.3) is 5.91 Å². The summed E-state index contributed by atoms with van der Waals surface area (Å²) in [4.78, 5) is 16.1. The van der Waals surface area contributed by atoms with Gasteiger partial charge in [0.15, 0.2) is 0 Å². The van der Waals surface area contributed by atoms with E-state index in [0.717, 1.165) is 22.3 Å². The van der Waals surface area contributed by atoms with E-state index >= 15 is 0 Å². The second-order valence-electron chi connectivity index (χ2n) is 7.51. The van der Waals surface area contributed by atoms with E-state index in [2.05, 4.69) is 31.1 Å². The molecule has 1 aliphatic rings. The van der Waals surface area contributed by atoms with Gasteiger partial charge in [-0.15, -0.1) is 0 Å². The summed E-state index contributed by atoms with van der Waals surface area (Å²) in [6, 6.07) is 9.78. The summed E-state index contributed by atoms with van der Waals surface area (Å²) in [7, 11) is 0. The van der Waals surface area contributed by atoms with Crippen molar-refractivity contribution in [2.75, 3.05) is 5.32 Å². The lowest BCUT2D eigenvalue weighted by Crippen LogP contribution is -2.29. The zero-order valence-corrected chi connectivity index (χ0v) is 14.3. The van der Waals surface area contributed by atoms with E-state index in [9.17, 15) is 4.79 Å². The fourth-order valence-corrected chi connectivity index (χ4v) is 3.03. The van der Waals surface area contributed by atoms with Gasteiger partial charge >= 0.3 is 0 Å². The Hall–Kier alpha value is -2.56. The quantitative estimate of drug-likeness (QED) is 0.757. The van der Waals surface area contributed by atoms with Gasteiger partial charge < -0.3 is 10.3 Å². The van der Waals surface area contributed by atoms with Gasteiger partial charge in [-0.1, -0.05) is 6.07 Å². The van der Waals surface area contributed by atoms with Crippen LogP contribution in [0.2, 0.25) is 0 Å². The average Bonchev–Trinajstić information content (AvgIpc) is 3.09. The topological polar surface area (TPSA) is 62.7 Å². The average molecular weight is 322 g/mol. The van der Waals surface area contributed by atoms with Crippen LogP contribution in [-0.4, -0.2) is 20.7 Å². The number of H-pyrrole nitrogens is 1. The van der Waals surface area contributed by atoms with Crippen molar-refractivity contribution in [2.24, 2.45) is 0 Å². The van der Waals surface area contributed by atoms with Crippen molar-refractivity contribution in [1.29, 1.82) is 0 Å². The Bertz CT molecular complexity index is 909. The van der Waals surface area contributed by atoms with Crippen molar-refractivity contribution in [3.05, 3.63) is 47.9 Å². The number of amides is 1.